The number of hydrogen-bond donors (Lipinski definition) is 2. The molecule has 2 atom stereocenters. The summed E-state index contributed by atoms with van der Waals surface area (Å²) in [5.74, 6) is 0.109. The maximum Gasteiger partial charge on any atom is 0.175 e. The number of oxime groups is 1. The van der Waals surface area contributed by atoms with E-state index in [4.69, 9.17) is 10.9 Å². The molecule has 4 nitrogen and oxygen atoms in total. The second-order valence-electron chi connectivity index (χ2n) is 6.07. The number of halogens is 1. The van der Waals surface area contributed by atoms with E-state index in [2.05, 4.69) is 10.1 Å². The molecule has 1 aliphatic heterocycles. The van der Waals surface area contributed by atoms with E-state index in [1.54, 1.807) is 6.07 Å². The van der Waals surface area contributed by atoms with Crippen LogP contribution in [0.5, 0.6) is 0 Å². The van der Waals surface area contributed by atoms with Crippen molar-refractivity contribution in [1.29, 1.82) is 0 Å². The molecule has 2 aliphatic rings. The molecule has 0 aromatic heterocycles. The molecule has 3 N–H and O–H groups in total. The summed E-state index contributed by atoms with van der Waals surface area (Å²) in [5.41, 5.74) is 6.70. The van der Waals surface area contributed by atoms with Crippen LogP contribution in [-0.4, -0.2) is 23.6 Å². The number of piperidine rings is 1. The van der Waals surface area contributed by atoms with Gasteiger partial charge < -0.3 is 15.8 Å². The molecule has 1 saturated carbocycles. The number of nitrogens with zero attached hydrogens (tertiary/aromatic N) is 2. The standard InChI is InChI=1S/C16H22FN3O/c17-12-7-3-9-14(15(12)16(18)19-21)20-10-4-6-11-5-1-2-8-13(11)20/h3,7,9,11,13,21H,1-2,4-6,8,10H2,(H2,18,19). The molecule has 3 rings (SSSR count). The molecule has 0 bridgehead atoms. The fraction of sp³-hybridized carbons (Fsp3) is 0.562. The largest absolute Gasteiger partial charge is 0.409 e. The summed E-state index contributed by atoms with van der Waals surface area (Å²) >= 11 is 0. The zero-order valence-corrected chi connectivity index (χ0v) is 12.1. The van der Waals surface area contributed by atoms with Gasteiger partial charge in [0, 0.05) is 12.6 Å². The first-order valence-electron chi connectivity index (χ1n) is 7.75. The summed E-state index contributed by atoms with van der Waals surface area (Å²) in [6.45, 7) is 0.913. The average molecular weight is 291 g/mol. The zero-order valence-electron chi connectivity index (χ0n) is 12.1. The van der Waals surface area contributed by atoms with Crippen molar-refractivity contribution in [3.8, 4) is 0 Å². The Hall–Kier alpha value is -1.78. The number of hydrogen-bond acceptors (Lipinski definition) is 3. The Labute approximate surface area is 124 Å². The summed E-state index contributed by atoms with van der Waals surface area (Å²) in [5, 5.41) is 12.0. The molecule has 2 fully saturated rings. The van der Waals surface area contributed by atoms with Gasteiger partial charge in [-0.2, -0.15) is 0 Å². The fourth-order valence-electron chi connectivity index (χ4n) is 3.98. The quantitative estimate of drug-likeness (QED) is 0.381. The molecule has 1 heterocycles. The van der Waals surface area contributed by atoms with Crippen LogP contribution in [0.4, 0.5) is 10.1 Å². The van der Waals surface area contributed by atoms with Gasteiger partial charge in [-0.05, 0) is 43.7 Å². The van der Waals surface area contributed by atoms with Crippen molar-refractivity contribution >= 4 is 11.5 Å². The van der Waals surface area contributed by atoms with Gasteiger partial charge in [0.15, 0.2) is 5.84 Å². The van der Waals surface area contributed by atoms with Crippen molar-refractivity contribution in [2.45, 2.75) is 44.6 Å². The van der Waals surface area contributed by atoms with Gasteiger partial charge in [0.1, 0.15) is 5.82 Å². The zero-order chi connectivity index (χ0) is 14.8. The average Bonchev–Trinajstić information content (AvgIpc) is 2.53. The monoisotopic (exact) mass is 291 g/mol. The number of rotatable bonds is 2. The van der Waals surface area contributed by atoms with Crippen LogP contribution in [0.3, 0.4) is 0 Å². The Morgan fingerprint density at radius 3 is 2.81 bits per heavy atom. The smallest absolute Gasteiger partial charge is 0.175 e. The van der Waals surface area contributed by atoms with Gasteiger partial charge in [-0.3, -0.25) is 0 Å². The summed E-state index contributed by atoms with van der Waals surface area (Å²) < 4.78 is 14.2. The molecule has 0 amide bonds. The summed E-state index contributed by atoms with van der Waals surface area (Å²) in [6.07, 6.45) is 7.31. The van der Waals surface area contributed by atoms with E-state index >= 15 is 0 Å². The highest BCUT2D eigenvalue weighted by Crippen LogP contribution is 2.39. The molecule has 5 heteroatoms. The van der Waals surface area contributed by atoms with Gasteiger partial charge in [-0.25, -0.2) is 4.39 Å². The minimum Gasteiger partial charge on any atom is -0.409 e. The van der Waals surface area contributed by atoms with Crippen LogP contribution in [0.2, 0.25) is 0 Å². The van der Waals surface area contributed by atoms with Crippen LogP contribution < -0.4 is 10.6 Å². The van der Waals surface area contributed by atoms with Crippen molar-refractivity contribution in [2.24, 2.45) is 16.8 Å². The molecule has 21 heavy (non-hydrogen) atoms. The van der Waals surface area contributed by atoms with Crippen molar-refractivity contribution in [3.63, 3.8) is 0 Å². The molecular formula is C16H22FN3O. The Morgan fingerprint density at radius 2 is 2.00 bits per heavy atom. The number of anilines is 1. The van der Waals surface area contributed by atoms with E-state index < -0.39 is 5.82 Å². The summed E-state index contributed by atoms with van der Waals surface area (Å²) in [4.78, 5) is 2.28. The number of benzene rings is 1. The normalized spacial score (nSPS) is 26.5. The predicted molar refractivity (Wildman–Crippen MR) is 81.2 cm³/mol. The van der Waals surface area contributed by atoms with Gasteiger partial charge in [0.05, 0.1) is 11.3 Å². The molecule has 1 aromatic carbocycles. The first-order valence-corrected chi connectivity index (χ1v) is 7.75. The predicted octanol–water partition coefficient (Wildman–Crippen LogP) is 3.08. The van der Waals surface area contributed by atoms with Gasteiger partial charge >= 0.3 is 0 Å². The fourth-order valence-corrected chi connectivity index (χ4v) is 3.98. The highest BCUT2D eigenvalue weighted by atomic mass is 19.1. The van der Waals surface area contributed by atoms with E-state index in [-0.39, 0.29) is 11.4 Å². The lowest BCUT2D eigenvalue weighted by Crippen LogP contribution is -2.47. The van der Waals surface area contributed by atoms with Gasteiger partial charge in [-0.1, -0.05) is 24.1 Å². The molecule has 1 saturated heterocycles. The molecule has 2 unspecified atom stereocenters. The summed E-state index contributed by atoms with van der Waals surface area (Å²) in [7, 11) is 0. The van der Waals surface area contributed by atoms with Crippen molar-refractivity contribution in [3.05, 3.63) is 29.6 Å². The van der Waals surface area contributed by atoms with E-state index in [0.717, 1.165) is 25.1 Å². The lowest BCUT2D eigenvalue weighted by atomic mass is 9.78. The molecule has 1 aromatic rings. The third-order valence-electron chi connectivity index (χ3n) is 4.91. The van der Waals surface area contributed by atoms with Crippen LogP contribution in [-0.2, 0) is 0 Å². The summed E-state index contributed by atoms with van der Waals surface area (Å²) in [6, 6.07) is 5.40. The maximum absolute atomic E-state index is 14.2. The first-order chi connectivity index (χ1) is 10.2. The second-order valence-corrected chi connectivity index (χ2v) is 6.07. The van der Waals surface area contributed by atoms with Crippen LogP contribution in [0.15, 0.2) is 23.4 Å². The Balaban J connectivity index is 2.01. The highest BCUT2D eigenvalue weighted by molar-refractivity contribution is 6.02. The topological polar surface area (TPSA) is 61.9 Å². The van der Waals surface area contributed by atoms with E-state index in [9.17, 15) is 4.39 Å². The van der Waals surface area contributed by atoms with E-state index in [1.165, 1.54) is 31.7 Å². The van der Waals surface area contributed by atoms with Crippen molar-refractivity contribution < 1.29 is 9.60 Å². The van der Waals surface area contributed by atoms with Crippen LogP contribution in [0.25, 0.3) is 0 Å². The van der Waals surface area contributed by atoms with Crippen LogP contribution in [0.1, 0.15) is 44.1 Å². The Kier molecular flexibility index (Phi) is 3.99. The minimum absolute atomic E-state index is 0.152. The van der Waals surface area contributed by atoms with Crippen LogP contribution >= 0.6 is 0 Å². The number of nitrogens with two attached hydrogens (primary N) is 1. The number of fused-ring (bicyclic) bond motifs is 1. The van der Waals surface area contributed by atoms with Gasteiger partial charge in [0.2, 0.25) is 0 Å². The van der Waals surface area contributed by atoms with Gasteiger partial charge in [-0.15, -0.1) is 0 Å². The minimum atomic E-state index is -0.430. The third kappa shape index (κ3) is 2.57. The molecule has 0 radical (unpaired) electrons. The SMILES string of the molecule is NC(=NO)c1c(F)cccc1N1CCCC2CCCCC21. The maximum atomic E-state index is 14.2. The van der Waals surface area contributed by atoms with Crippen LogP contribution in [0, 0.1) is 11.7 Å². The lowest BCUT2D eigenvalue weighted by molar-refractivity contribution is 0.243. The molecule has 0 spiro atoms. The van der Waals surface area contributed by atoms with Gasteiger partial charge in [0.25, 0.3) is 0 Å². The highest BCUT2D eigenvalue weighted by Gasteiger charge is 2.34. The number of amidine groups is 1. The molecular weight excluding hydrogens is 269 g/mol. The third-order valence-corrected chi connectivity index (χ3v) is 4.91. The van der Waals surface area contributed by atoms with E-state index in [1.807, 2.05) is 6.07 Å². The Morgan fingerprint density at radius 1 is 1.24 bits per heavy atom. The van der Waals surface area contributed by atoms with Crippen molar-refractivity contribution in [2.75, 3.05) is 11.4 Å². The van der Waals surface area contributed by atoms with E-state index in [0.29, 0.717) is 12.0 Å². The Bertz CT molecular complexity index is 544. The first kappa shape index (κ1) is 14.2. The molecule has 1 aliphatic carbocycles. The second kappa shape index (κ2) is 5.92. The lowest BCUT2D eigenvalue weighted by Gasteiger charge is -2.46. The van der Waals surface area contributed by atoms with Crippen molar-refractivity contribution in [1.82, 2.24) is 0 Å². The molecule has 114 valence electrons.